The van der Waals surface area contributed by atoms with Crippen molar-refractivity contribution >= 4 is 0 Å². The van der Waals surface area contributed by atoms with Crippen LogP contribution in [0.25, 0.3) is 0 Å². The van der Waals surface area contributed by atoms with Crippen LogP contribution in [0.3, 0.4) is 0 Å². The third kappa shape index (κ3) is 28300. The van der Waals surface area contributed by atoms with Gasteiger partial charge in [-0.25, -0.2) is 0 Å². The third-order valence-electron chi connectivity index (χ3n) is 0. The molecule has 0 amide bonds. The van der Waals surface area contributed by atoms with Gasteiger partial charge in [-0.1, -0.05) is 0 Å². The Bertz CT molecular complexity index is 20.5. The summed E-state index contributed by atoms with van der Waals surface area (Å²) < 4.78 is 0. The molecule has 0 aliphatic carbocycles. The Labute approximate surface area is 81.0 Å². The van der Waals surface area contributed by atoms with E-state index >= 15 is 0 Å². The molecule has 0 aromatic heterocycles. The van der Waals surface area contributed by atoms with Gasteiger partial charge in [0.15, 0.2) is 0 Å². The lowest BCUT2D eigenvalue weighted by Gasteiger charge is -1.52. The first-order valence-corrected chi connectivity index (χ1v) is 4.09. The molecule has 6 N–H and O–H groups in total. The SMILES string of the molecule is CCO.CCO.CCO.CCO.O. The number of hydrogen-bond donors (Lipinski definition) is 4. The fourth-order valence-electron chi connectivity index (χ4n) is 0. The quantitative estimate of drug-likeness (QED) is 0.410. The van der Waals surface area contributed by atoms with Crippen molar-refractivity contribution in [2.24, 2.45) is 0 Å². The lowest BCUT2D eigenvalue weighted by molar-refractivity contribution is 0.318. The Hall–Kier alpha value is -0.200. The molecule has 0 saturated heterocycles. The standard InChI is InChI=1S/4C2H6O.H2O/c4*1-2-3;/h4*3H,2H2,1H3;1H2. The molecule has 0 aliphatic heterocycles. The van der Waals surface area contributed by atoms with Gasteiger partial charge < -0.3 is 25.9 Å². The lowest BCUT2D eigenvalue weighted by atomic mass is 10.9. The number of rotatable bonds is 0. The van der Waals surface area contributed by atoms with Gasteiger partial charge in [-0.15, -0.1) is 0 Å². The Balaban J connectivity index is -0.0000000213. The highest BCUT2D eigenvalue weighted by Crippen LogP contribution is 1.30. The average Bonchev–Trinajstić information content (AvgIpc) is 1.92. The zero-order valence-electron chi connectivity index (χ0n) is 9.12. The molecule has 0 unspecified atom stereocenters. The van der Waals surface area contributed by atoms with E-state index in [-0.39, 0.29) is 31.9 Å². The second kappa shape index (κ2) is 95.3. The molecule has 13 heavy (non-hydrogen) atoms. The molecular weight excluding hydrogens is 176 g/mol. The predicted molar refractivity (Wildman–Crippen MR) is 54.7 cm³/mol. The first kappa shape index (κ1) is 29.3. The van der Waals surface area contributed by atoms with Crippen LogP contribution in [0.15, 0.2) is 0 Å². The Morgan fingerprint density at radius 2 is 0.538 bits per heavy atom. The zero-order valence-corrected chi connectivity index (χ0v) is 9.12. The van der Waals surface area contributed by atoms with Crippen LogP contribution in [0.1, 0.15) is 27.7 Å². The Kier molecular flexibility index (Phi) is 215. The average molecular weight is 202 g/mol. The summed E-state index contributed by atoms with van der Waals surface area (Å²) in [4.78, 5) is 0. The molecule has 0 atom stereocenters. The summed E-state index contributed by atoms with van der Waals surface area (Å²) in [5, 5.41) is 30.3. The van der Waals surface area contributed by atoms with E-state index in [1.54, 1.807) is 27.7 Å². The minimum Gasteiger partial charge on any atom is -0.412 e. The van der Waals surface area contributed by atoms with Crippen molar-refractivity contribution < 1.29 is 25.9 Å². The van der Waals surface area contributed by atoms with Crippen molar-refractivity contribution in [3.63, 3.8) is 0 Å². The van der Waals surface area contributed by atoms with E-state index in [0.29, 0.717) is 0 Å². The molecule has 0 rings (SSSR count). The second-order valence-electron chi connectivity index (χ2n) is 1.26. The van der Waals surface area contributed by atoms with Crippen molar-refractivity contribution in [3.05, 3.63) is 0 Å². The van der Waals surface area contributed by atoms with Crippen molar-refractivity contribution in [1.82, 2.24) is 0 Å². The molecule has 0 heterocycles. The molecule has 0 spiro atoms. The topological polar surface area (TPSA) is 112 Å². The summed E-state index contributed by atoms with van der Waals surface area (Å²) in [6.07, 6.45) is 0. The minimum atomic E-state index is 0. The molecule has 0 radical (unpaired) electrons. The van der Waals surface area contributed by atoms with E-state index in [4.69, 9.17) is 20.4 Å². The van der Waals surface area contributed by atoms with Gasteiger partial charge in [-0.2, -0.15) is 0 Å². The normalized spacial score (nSPS) is 5.54. The third-order valence-corrected chi connectivity index (χ3v) is 0. The highest BCUT2D eigenvalue weighted by molar-refractivity contribution is 3.84. The molecule has 5 heteroatoms. The van der Waals surface area contributed by atoms with E-state index in [2.05, 4.69) is 0 Å². The van der Waals surface area contributed by atoms with Gasteiger partial charge in [0, 0.05) is 26.4 Å². The molecule has 0 aromatic carbocycles. The van der Waals surface area contributed by atoms with Crippen LogP contribution >= 0.6 is 0 Å². The number of aliphatic hydroxyl groups excluding tert-OH is 4. The number of aliphatic hydroxyl groups is 4. The first-order chi connectivity index (χ1) is 5.66. The van der Waals surface area contributed by atoms with E-state index in [9.17, 15) is 0 Å². The molecule has 0 fully saturated rings. The molecule has 88 valence electrons. The second-order valence-corrected chi connectivity index (χ2v) is 1.26. The first-order valence-electron chi connectivity index (χ1n) is 4.09. The summed E-state index contributed by atoms with van der Waals surface area (Å²) in [5.41, 5.74) is 0. The summed E-state index contributed by atoms with van der Waals surface area (Å²) in [5.74, 6) is 0. The van der Waals surface area contributed by atoms with Gasteiger partial charge in [0.05, 0.1) is 0 Å². The van der Waals surface area contributed by atoms with E-state index in [1.807, 2.05) is 0 Å². The highest BCUT2D eigenvalue weighted by Gasteiger charge is 1.35. The van der Waals surface area contributed by atoms with Crippen LogP contribution in [0.2, 0.25) is 0 Å². The molecule has 0 aromatic rings. The summed E-state index contributed by atoms with van der Waals surface area (Å²) in [6, 6.07) is 0. The van der Waals surface area contributed by atoms with Crippen molar-refractivity contribution in [2.75, 3.05) is 26.4 Å². The maximum absolute atomic E-state index is 7.57. The highest BCUT2D eigenvalue weighted by atomic mass is 16.3. The molecule has 0 aliphatic rings. The van der Waals surface area contributed by atoms with E-state index in [1.165, 1.54) is 0 Å². The van der Waals surface area contributed by atoms with Crippen LogP contribution in [-0.4, -0.2) is 52.3 Å². The summed E-state index contributed by atoms with van der Waals surface area (Å²) in [7, 11) is 0. The van der Waals surface area contributed by atoms with Gasteiger partial charge in [-0.05, 0) is 27.7 Å². The minimum absolute atomic E-state index is 0. The van der Waals surface area contributed by atoms with Crippen molar-refractivity contribution in [1.29, 1.82) is 0 Å². The van der Waals surface area contributed by atoms with Crippen LogP contribution in [-0.2, 0) is 0 Å². The van der Waals surface area contributed by atoms with E-state index < -0.39 is 0 Å². The molecule has 5 nitrogen and oxygen atoms in total. The predicted octanol–water partition coefficient (Wildman–Crippen LogP) is -0.830. The maximum atomic E-state index is 7.57. The fraction of sp³-hybridized carbons (Fsp3) is 1.00. The van der Waals surface area contributed by atoms with Gasteiger partial charge in [0.1, 0.15) is 0 Å². The fourth-order valence-corrected chi connectivity index (χ4v) is 0. The lowest BCUT2D eigenvalue weighted by Crippen LogP contribution is -1.57. The van der Waals surface area contributed by atoms with Crippen LogP contribution < -0.4 is 0 Å². The van der Waals surface area contributed by atoms with Gasteiger partial charge in [0.25, 0.3) is 0 Å². The monoisotopic (exact) mass is 202 g/mol. The van der Waals surface area contributed by atoms with Gasteiger partial charge in [0.2, 0.25) is 0 Å². The van der Waals surface area contributed by atoms with Crippen molar-refractivity contribution in [3.8, 4) is 0 Å². The molecule has 0 bridgehead atoms. The molecule has 0 saturated carbocycles. The van der Waals surface area contributed by atoms with Crippen LogP contribution in [0.4, 0.5) is 0 Å². The summed E-state index contributed by atoms with van der Waals surface area (Å²) in [6.45, 7) is 7.72. The zero-order chi connectivity index (χ0) is 10.8. The van der Waals surface area contributed by atoms with E-state index in [0.717, 1.165) is 0 Å². The van der Waals surface area contributed by atoms with Crippen LogP contribution in [0.5, 0.6) is 0 Å². The van der Waals surface area contributed by atoms with Gasteiger partial charge >= 0.3 is 0 Å². The summed E-state index contributed by atoms with van der Waals surface area (Å²) >= 11 is 0. The maximum Gasteiger partial charge on any atom is 0.0402 e. The number of hydrogen-bond acceptors (Lipinski definition) is 4. The smallest absolute Gasteiger partial charge is 0.0402 e. The molecular formula is C8H26O5. The van der Waals surface area contributed by atoms with Crippen molar-refractivity contribution in [2.45, 2.75) is 27.7 Å². The van der Waals surface area contributed by atoms with Crippen LogP contribution in [0, 0.1) is 0 Å². The largest absolute Gasteiger partial charge is 0.412 e. The Morgan fingerprint density at radius 1 is 0.538 bits per heavy atom. The Morgan fingerprint density at radius 3 is 0.538 bits per heavy atom. The van der Waals surface area contributed by atoms with Gasteiger partial charge in [-0.3, -0.25) is 0 Å².